The first kappa shape index (κ1) is 21.0. The number of methoxy groups -OCH3 is 3. The summed E-state index contributed by atoms with van der Waals surface area (Å²) < 4.78 is 40.5. The molecule has 0 aliphatic rings. The van der Waals surface area contributed by atoms with Crippen LogP contribution in [0.2, 0.25) is 0 Å². The monoisotopic (exact) mass is 373 g/mol. The van der Waals surface area contributed by atoms with Crippen LogP contribution in [0.4, 0.5) is 8.78 Å². The van der Waals surface area contributed by atoms with Crippen LogP contribution >= 0.6 is 0 Å². The number of nitrogens with one attached hydrogen (secondary N) is 1. The minimum absolute atomic E-state index is 0.616. The first-order chi connectivity index (χ1) is 12.3. The molecule has 8 nitrogen and oxygen atoms in total. The highest BCUT2D eigenvalue weighted by Gasteiger charge is 2.39. The lowest BCUT2D eigenvalue weighted by atomic mass is 9.95. The molecule has 0 saturated carbocycles. The van der Waals surface area contributed by atoms with E-state index in [-0.39, 0.29) is 0 Å². The van der Waals surface area contributed by atoms with Crippen molar-refractivity contribution in [1.82, 2.24) is 5.32 Å². The predicted octanol–water partition coefficient (Wildman–Crippen LogP) is 0.588. The first-order valence-corrected chi connectivity index (χ1v) is 7.24. The molecule has 1 rings (SSSR count). The second-order valence-corrected chi connectivity index (χ2v) is 4.99. The molecule has 1 amide bonds. The fourth-order valence-corrected chi connectivity index (χ4v) is 2.10. The lowest BCUT2D eigenvalue weighted by molar-refractivity contribution is -0.158. The largest absolute Gasteiger partial charge is 0.469 e. The van der Waals surface area contributed by atoms with E-state index in [4.69, 9.17) is 0 Å². The Morgan fingerprint density at radius 1 is 1.00 bits per heavy atom. The quantitative estimate of drug-likeness (QED) is 0.550. The van der Waals surface area contributed by atoms with Gasteiger partial charge in [-0.1, -0.05) is 6.07 Å². The predicted molar refractivity (Wildman–Crippen MR) is 81.8 cm³/mol. The van der Waals surface area contributed by atoms with Crippen LogP contribution in [-0.2, 0) is 28.6 Å². The van der Waals surface area contributed by atoms with Gasteiger partial charge in [-0.25, -0.2) is 13.6 Å². The van der Waals surface area contributed by atoms with Crippen LogP contribution in [0.1, 0.15) is 16.8 Å². The number of carbonyl (C=O) groups excluding carboxylic acids is 4. The van der Waals surface area contributed by atoms with Gasteiger partial charge in [0, 0.05) is 0 Å². The molecule has 0 saturated heterocycles. The molecular weight excluding hydrogens is 356 g/mol. The molecule has 0 aliphatic carbocycles. The summed E-state index contributed by atoms with van der Waals surface area (Å²) in [5.74, 6) is -8.35. The zero-order chi connectivity index (χ0) is 19.9. The van der Waals surface area contributed by atoms with Crippen molar-refractivity contribution in [3.63, 3.8) is 0 Å². The summed E-state index contributed by atoms with van der Waals surface area (Å²) in [6.07, 6.45) is -0.616. The van der Waals surface area contributed by atoms with Gasteiger partial charge in [0.1, 0.15) is 6.04 Å². The maximum absolute atomic E-state index is 13.8. The number of hydrogen-bond donors (Lipinski definition) is 1. The number of amides is 1. The highest BCUT2D eigenvalue weighted by molar-refractivity contribution is 5.98. The number of hydrogen-bond acceptors (Lipinski definition) is 7. The van der Waals surface area contributed by atoms with E-state index >= 15 is 0 Å². The lowest BCUT2D eigenvalue weighted by Crippen LogP contribution is -2.50. The molecule has 0 heterocycles. The molecular formula is C16H17F2NO7. The Kier molecular flexibility index (Phi) is 7.63. The van der Waals surface area contributed by atoms with Crippen molar-refractivity contribution in [2.75, 3.05) is 21.3 Å². The van der Waals surface area contributed by atoms with Crippen molar-refractivity contribution in [2.45, 2.75) is 12.5 Å². The summed E-state index contributed by atoms with van der Waals surface area (Å²) in [5, 5.41) is 2.07. The van der Waals surface area contributed by atoms with E-state index in [0.717, 1.165) is 39.5 Å². The van der Waals surface area contributed by atoms with Gasteiger partial charge in [-0.2, -0.15) is 0 Å². The van der Waals surface area contributed by atoms with Gasteiger partial charge in [-0.3, -0.25) is 14.4 Å². The number of carbonyl (C=O) groups is 4. The molecule has 0 unspecified atom stereocenters. The maximum atomic E-state index is 13.8. The van der Waals surface area contributed by atoms with Crippen LogP contribution in [0.3, 0.4) is 0 Å². The Labute approximate surface area is 147 Å². The van der Waals surface area contributed by atoms with Crippen LogP contribution in [0.5, 0.6) is 0 Å². The van der Waals surface area contributed by atoms with Gasteiger partial charge in [-0.05, 0) is 12.1 Å². The molecule has 0 radical (unpaired) electrons. The van der Waals surface area contributed by atoms with E-state index in [0.29, 0.717) is 0 Å². The summed E-state index contributed by atoms with van der Waals surface area (Å²) in [5.41, 5.74) is -0.694. The summed E-state index contributed by atoms with van der Waals surface area (Å²) in [6, 6.07) is 1.18. The van der Waals surface area contributed by atoms with Gasteiger partial charge in [0.15, 0.2) is 11.6 Å². The molecule has 142 valence electrons. The normalized spacial score (nSPS) is 12.5. The molecule has 0 spiro atoms. The van der Waals surface area contributed by atoms with Crippen molar-refractivity contribution < 1.29 is 42.2 Å². The van der Waals surface area contributed by atoms with Crippen molar-refractivity contribution in [2.24, 2.45) is 5.92 Å². The van der Waals surface area contributed by atoms with Crippen molar-refractivity contribution >= 4 is 23.8 Å². The third-order valence-corrected chi connectivity index (χ3v) is 3.46. The van der Waals surface area contributed by atoms with Crippen LogP contribution in [-0.4, -0.2) is 51.2 Å². The van der Waals surface area contributed by atoms with E-state index in [1.165, 1.54) is 0 Å². The molecule has 0 aliphatic heterocycles. The summed E-state index contributed by atoms with van der Waals surface area (Å²) in [7, 11) is 3.05. The average Bonchev–Trinajstić information content (AvgIpc) is 2.64. The second kappa shape index (κ2) is 9.44. The zero-order valence-corrected chi connectivity index (χ0v) is 14.2. The van der Waals surface area contributed by atoms with Crippen LogP contribution < -0.4 is 5.32 Å². The standard InChI is InChI=1S/C16H17F2NO7/c1-24-11(20)7-9(15(22)25-2)13(16(23)26-3)19-14(21)8-5-4-6-10(17)12(8)18/h4-6,9,13H,7H2,1-3H3,(H,19,21)/t9-,13-/m1/s1. The Morgan fingerprint density at radius 2 is 1.62 bits per heavy atom. The van der Waals surface area contributed by atoms with Crippen molar-refractivity contribution in [1.29, 1.82) is 0 Å². The third-order valence-electron chi connectivity index (χ3n) is 3.46. The maximum Gasteiger partial charge on any atom is 0.329 e. The van der Waals surface area contributed by atoms with E-state index in [9.17, 15) is 28.0 Å². The molecule has 1 N–H and O–H groups in total. The van der Waals surface area contributed by atoms with Crippen LogP contribution in [0.15, 0.2) is 18.2 Å². The fourth-order valence-electron chi connectivity index (χ4n) is 2.10. The lowest BCUT2D eigenvalue weighted by Gasteiger charge is -2.23. The Hall–Kier alpha value is -3.04. The summed E-state index contributed by atoms with van der Waals surface area (Å²) in [4.78, 5) is 47.7. The molecule has 1 aromatic carbocycles. The van der Waals surface area contributed by atoms with Gasteiger partial charge in [0.25, 0.3) is 5.91 Å². The molecule has 1 aromatic rings. The molecule has 0 bridgehead atoms. The van der Waals surface area contributed by atoms with Gasteiger partial charge < -0.3 is 19.5 Å². The number of halogens is 2. The summed E-state index contributed by atoms with van der Waals surface area (Å²) in [6.45, 7) is 0. The second-order valence-electron chi connectivity index (χ2n) is 4.99. The van der Waals surface area contributed by atoms with E-state index < -0.39 is 59.4 Å². The van der Waals surface area contributed by atoms with Crippen molar-refractivity contribution in [3.8, 4) is 0 Å². The van der Waals surface area contributed by atoms with Gasteiger partial charge in [-0.15, -0.1) is 0 Å². The molecule has 10 heteroatoms. The Balaban J connectivity index is 3.20. The van der Waals surface area contributed by atoms with Gasteiger partial charge in [0.05, 0.1) is 39.2 Å². The Morgan fingerprint density at radius 3 is 2.15 bits per heavy atom. The van der Waals surface area contributed by atoms with Crippen LogP contribution in [0, 0.1) is 17.6 Å². The first-order valence-electron chi connectivity index (χ1n) is 7.24. The number of rotatable bonds is 7. The van der Waals surface area contributed by atoms with Gasteiger partial charge in [0.2, 0.25) is 0 Å². The molecule has 26 heavy (non-hydrogen) atoms. The van der Waals surface area contributed by atoms with E-state index in [2.05, 4.69) is 19.5 Å². The average molecular weight is 373 g/mol. The van der Waals surface area contributed by atoms with Crippen LogP contribution in [0.25, 0.3) is 0 Å². The highest BCUT2D eigenvalue weighted by atomic mass is 19.2. The molecule has 0 aromatic heterocycles. The smallest absolute Gasteiger partial charge is 0.329 e. The topological polar surface area (TPSA) is 108 Å². The fraction of sp³-hybridized carbons (Fsp3) is 0.375. The zero-order valence-electron chi connectivity index (χ0n) is 14.2. The number of ether oxygens (including phenoxy) is 3. The molecule has 2 atom stereocenters. The van der Waals surface area contributed by atoms with Crippen molar-refractivity contribution in [3.05, 3.63) is 35.4 Å². The van der Waals surface area contributed by atoms with E-state index in [1.807, 2.05) is 0 Å². The third kappa shape index (κ3) is 4.98. The minimum Gasteiger partial charge on any atom is -0.469 e. The van der Waals surface area contributed by atoms with E-state index in [1.54, 1.807) is 0 Å². The number of benzene rings is 1. The minimum atomic E-state index is -1.69. The number of esters is 3. The Bertz CT molecular complexity index is 708. The highest BCUT2D eigenvalue weighted by Crippen LogP contribution is 2.17. The summed E-state index contributed by atoms with van der Waals surface area (Å²) >= 11 is 0. The molecule has 0 fully saturated rings. The van der Waals surface area contributed by atoms with Gasteiger partial charge >= 0.3 is 17.9 Å². The SMILES string of the molecule is COC(=O)C[C@@H](C(=O)OC)[C@@H](NC(=O)c1cccc(F)c1F)C(=O)OC.